The van der Waals surface area contributed by atoms with Gasteiger partial charge >= 0.3 is 0 Å². The van der Waals surface area contributed by atoms with E-state index >= 15 is 0 Å². The molecule has 0 bridgehead atoms. The second kappa shape index (κ2) is 6.45. The van der Waals surface area contributed by atoms with Crippen LogP contribution in [-0.4, -0.2) is 62.2 Å². The molecule has 0 saturated carbocycles. The molecule has 1 aromatic rings. The average Bonchev–Trinajstić information content (AvgIpc) is 2.52. The van der Waals surface area contributed by atoms with Gasteiger partial charge in [0, 0.05) is 25.7 Å². The first-order chi connectivity index (χ1) is 10.3. The molecule has 0 aromatic heterocycles. The third-order valence-corrected chi connectivity index (χ3v) is 4.31. The van der Waals surface area contributed by atoms with E-state index in [0.717, 1.165) is 31.8 Å². The number of methoxy groups -OCH3 is 1. The summed E-state index contributed by atoms with van der Waals surface area (Å²) in [7, 11) is 1.68. The Morgan fingerprint density at radius 3 is 2.81 bits per heavy atom. The van der Waals surface area contributed by atoms with Crippen molar-refractivity contribution < 1.29 is 14.3 Å². The monoisotopic (exact) mass is 290 g/mol. The third kappa shape index (κ3) is 3.19. The first-order valence-corrected chi connectivity index (χ1v) is 7.51. The van der Waals surface area contributed by atoms with E-state index in [-0.39, 0.29) is 5.91 Å². The van der Waals surface area contributed by atoms with Crippen LogP contribution in [0, 0.1) is 0 Å². The molecule has 0 spiro atoms. The van der Waals surface area contributed by atoms with Crippen LogP contribution in [0.3, 0.4) is 0 Å². The zero-order valence-electron chi connectivity index (χ0n) is 12.5. The van der Waals surface area contributed by atoms with Crippen LogP contribution in [0.2, 0.25) is 0 Å². The number of ether oxygens (including phenoxy) is 2. The Labute approximate surface area is 125 Å². The van der Waals surface area contributed by atoms with Crippen molar-refractivity contribution in [1.29, 1.82) is 0 Å². The lowest BCUT2D eigenvalue weighted by Crippen LogP contribution is -2.50. The average molecular weight is 290 g/mol. The Morgan fingerprint density at radius 1 is 1.33 bits per heavy atom. The van der Waals surface area contributed by atoms with Crippen LogP contribution in [0.15, 0.2) is 24.3 Å². The predicted molar refractivity (Wildman–Crippen MR) is 79.3 cm³/mol. The van der Waals surface area contributed by atoms with Crippen LogP contribution in [0.4, 0.5) is 0 Å². The van der Waals surface area contributed by atoms with Gasteiger partial charge in [-0.25, -0.2) is 0 Å². The Balaban J connectivity index is 1.60. The summed E-state index contributed by atoms with van der Waals surface area (Å²) < 4.78 is 10.6. The van der Waals surface area contributed by atoms with E-state index in [1.807, 2.05) is 17.0 Å². The second-order valence-corrected chi connectivity index (χ2v) is 5.54. The number of nitrogens with zero attached hydrogens (tertiary/aromatic N) is 2. The van der Waals surface area contributed by atoms with Crippen LogP contribution >= 0.6 is 0 Å². The molecular formula is C16H22N2O3. The van der Waals surface area contributed by atoms with E-state index in [1.54, 1.807) is 7.11 Å². The van der Waals surface area contributed by atoms with Crippen LogP contribution in [0.5, 0.6) is 5.75 Å². The highest BCUT2D eigenvalue weighted by molar-refractivity contribution is 5.78. The van der Waals surface area contributed by atoms with Gasteiger partial charge in [0.15, 0.2) is 0 Å². The highest BCUT2D eigenvalue weighted by Gasteiger charge is 2.32. The first-order valence-electron chi connectivity index (χ1n) is 7.51. The minimum Gasteiger partial charge on any atom is -0.497 e. The quantitative estimate of drug-likeness (QED) is 0.838. The molecule has 21 heavy (non-hydrogen) atoms. The van der Waals surface area contributed by atoms with E-state index in [0.29, 0.717) is 25.8 Å². The highest BCUT2D eigenvalue weighted by atomic mass is 16.5. The summed E-state index contributed by atoms with van der Waals surface area (Å²) in [4.78, 5) is 16.5. The van der Waals surface area contributed by atoms with E-state index in [4.69, 9.17) is 9.47 Å². The molecule has 3 rings (SSSR count). The SMILES string of the molecule is COc1cccc([C@H]2CCN2CC(=O)N2CCOCC2)c1. The smallest absolute Gasteiger partial charge is 0.236 e. The molecule has 0 unspecified atom stereocenters. The number of carbonyl (C=O) groups is 1. The van der Waals surface area contributed by atoms with Crippen molar-refractivity contribution in [3.05, 3.63) is 29.8 Å². The van der Waals surface area contributed by atoms with Crippen molar-refractivity contribution in [2.24, 2.45) is 0 Å². The molecule has 5 nitrogen and oxygen atoms in total. The molecule has 1 atom stereocenters. The molecule has 2 heterocycles. The fourth-order valence-electron chi connectivity index (χ4n) is 2.94. The lowest BCUT2D eigenvalue weighted by Gasteiger charge is -2.42. The van der Waals surface area contributed by atoms with Crippen molar-refractivity contribution in [3.63, 3.8) is 0 Å². The fraction of sp³-hybridized carbons (Fsp3) is 0.562. The summed E-state index contributed by atoms with van der Waals surface area (Å²) in [5, 5.41) is 0. The number of amides is 1. The van der Waals surface area contributed by atoms with Crippen molar-refractivity contribution in [2.75, 3.05) is 46.5 Å². The minimum absolute atomic E-state index is 0.214. The number of benzene rings is 1. The fourth-order valence-corrected chi connectivity index (χ4v) is 2.94. The Kier molecular flexibility index (Phi) is 4.41. The van der Waals surface area contributed by atoms with E-state index in [1.165, 1.54) is 5.56 Å². The molecule has 0 aliphatic carbocycles. The van der Waals surface area contributed by atoms with Gasteiger partial charge in [-0.3, -0.25) is 9.69 Å². The summed E-state index contributed by atoms with van der Waals surface area (Å²) in [6.45, 7) is 4.24. The number of morpholine rings is 1. The van der Waals surface area contributed by atoms with Gasteiger partial charge in [0.25, 0.3) is 0 Å². The molecule has 0 radical (unpaired) electrons. The van der Waals surface area contributed by atoms with Gasteiger partial charge < -0.3 is 14.4 Å². The summed E-state index contributed by atoms with van der Waals surface area (Å²) in [5.74, 6) is 1.09. The maximum absolute atomic E-state index is 12.3. The van der Waals surface area contributed by atoms with Crippen LogP contribution in [0.1, 0.15) is 18.0 Å². The van der Waals surface area contributed by atoms with Crippen molar-refractivity contribution in [3.8, 4) is 5.75 Å². The van der Waals surface area contributed by atoms with Gasteiger partial charge in [-0.2, -0.15) is 0 Å². The summed E-state index contributed by atoms with van der Waals surface area (Å²) in [6.07, 6.45) is 1.10. The lowest BCUT2D eigenvalue weighted by atomic mass is 9.94. The Morgan fingerprint density at radius 2 is 2.14 bits per heavy atom. The van der Waals surface area contributed by atoms with E-state index in [2.05, 4.69) is 17.0 Å². The molecule has 2 aliphatic rings. The first kappa shape index (κ1) is 14.4. The number of carbonyl (C=O) groups excluding carboxylic acids is 1. The number of rotatable bonds is 4. The van der Waals surface area contributed by atoms with Crippen LogP contribution in [-0.2, 0) is 9.53 Å². The lowest BCUT2D eigenvalue weighted by molar-refractivity contribution is -0.138. The predicted octanol–water partition coefficient (Wildman–Crippen LogP) is 1.30. The standard InChI is InChI=1S/C16H22N2O3/c1-20-14-4-2-3-13(11-14)15-5-6-18(15)12-16(19)17-7-9-21-10-8-17/h2-4,11,15H,5-10,12H2,1H3/t15-/m1/s1. The molecule has 1 aromatic carbocycles. The maximum atomic E-state index is 12.3. The highest BCUT2D eigenvalue weighted by Crippen LogP contribution is 2.34. The largest absolute Gasteiger partial charge is 0.497 e. The van der Waals surface area contributed by atoms with Crippen LogP contribution in [0.25, 0.3) is 0 Å². The maximum Gasteiger partial charge on any atom is 0.236 e. The number of likely N-dealkylation sites (tertiary alicyclic amines) is 1. The molecule has 2 aliphatic heterocycles. The van der Waals surface area contributed by atoms with Gasteiger partial charge in [-0.15, -0.1) is 0 Å². The second-order valence-electron chi connectivity index (χ2n) is 5.54. The van der Waals surface area contributed by atoms with E-state index < -0.39 is 0 Å². The zero-order valence-corrected chi connectivity index (χ0v) is 12.5. The summed E-state index contributed by atoms with van der Waals surface area (Å²) >= 11 is 0. The summed E-state index contributed by atoms with van der Waals surface area (Å²) in [5.41, 5.74) is 1.23. The Hall–Kier alpha value is -1.59. The third-order valence-electron chi connectivity index (χ3n) is 4.31. The van der Waals surface area contributed by atoms with Gasteiger partial charge in [-0.1, -0.05) is 12.1 Å². The summed E-state index contributed by atoms with van der Waals surface area (Å²) in [6, 6.07) is 8.47. The number of hydrogen-bond acceptors (Lipinski definition) is 4. The van der Waals surface area contributed by atoms with Gasteiger partial charge in [0.2, 0.25) is 5.91 Å². The molecule has 114 valence electrons. The molecule has 2 saturated heterocycles. The minimum atomic E-state index is 0.214. The van der Waals surface area contributed by atoms with Gasteiger partial charge in [0.1, 0.15) is 5.75 Å². The van der Waals surface area contributed by atoms with Gasteiger partial charge in [-0.05, 0) is 24.1 Å². The van der Waals surface area contributed by atoms with Crippen molar-refractivity contribution in [1.82, 2.24) is 9.80 Å². The molecule has 0 N–H and O–H groups in total. The van der Waals surface area contributed by atoms with E-state index in [9.17, 15) is 4.79 Å². The molecule has 1 amide bonds. The molecule has 2 fully saturated rings. The van der Waals surface area contributed by atoms with Crippen molar-refractivity contribution in [2.45, 2.75) is 12.5 Å². The normalized spacial score (nSPS) is 22.7. The molecular weight excluding hydrogens is 268 g/mol. The topological polar surface area (TPSA) is 42.0 Å². The molecule has 5 heteroatoms. The zero-order chi connectivity index (χ0) is 14.7. The van der Waals surface area contributed by atoms with Crippen molar-refractivity contribution >= 4 is 5.91 Å². The van der Waals surface area contributed by atoms with Crippen LogP contribution < -0.4 is 4.74 Å². The van der Waals surface area contributed by atoms with Gasteiger partial charge in [0.05, 0.1) is 26.9 Å². The number of hydrogen-bond donors (Lipinski definition) is 0. The Bertz CT molecular complexity index is 500.